The van der Waals surface area contributed by atoms with Gasteiger partial charge in [0.15, 0.2) is 0 Å². The average Bonchev–Trinajstić information content (AvgIpc) is 2.50. The van der Waals surface area contributed by atoms with Gasteiger partial charge in [0.2, 0.25) is 5.91 Å². The molecule has 1 aromatic rings. The highest BCUT2D eigenvalue weighted by atomic mass is 16.1. The summed E-state index contributed by atoms with van der Waals surface area (Å²) in [7, 11) is 1.76. The van der Waals surface area contributed by atoms with Crippen molar-refractivity contribution in [3.8, 4) is 0 Å². The third-order valence-corrected chi connectivity index (χ3v) is 3.89. The Balaban J connectivity index is 1.81. The van der Waals surface area contributed by atoms with Crippen molar-refractivity contribution >= 4 is 11.6 Å². The number of hydrogen-bond donors (Lipinski definition) is 2. The second kappa shape index (κ2) is 8.12. The van der Waals surface area contributed by atoms with E-state index < -0.39 is 0 Å². The van der Waals surface area contributed by atoms with Crippen molar-refractivity contribution < 1.29 is 4.79 Å². The monoisotopic (exact) mass is 290 g/mol. The fourth-order valence-electron chi connectivity index (χ4n) is 2.58. The van der Waals surface area contributed by atoms with Gasteiger partial charge in [-0.1, -0.05) is 19.1 Å². The molecule has 0 aromatic heterocycles. The number of piperazine rings is 1. The van der Waals surface area contributed by atoms with Crippen LogP contribution in [0.15, 0.2) is 24.3 Å². The van der Waals surface area contributed by atoms with E-state index in [1.807, 2.05) is 12.1 Å². The highest BCUT2D eigenvalue weighted by Gasteiger charge is 2.15. The summed E-state index contributed by atoms with van der Waals surface area (Å²) < 4.78 is 0. The van der Waals surface area contributed by atoms with Gasteiger partial charge in [0.25, 0.3) is 0 Å². The van der Waals surface area contributed by atoms with E-state index in [-0.39, 0.29) is 5.91 Å². The van der Waals surface area contributed by atoms with Crippen molar-refractivity contribution in [1.82, 2.24) is 15.1 Å². The highest BCUT2D eigenvalue weighted by Crippen LogP contribution is 2.12. The summed E-state index contributed by atoms with van der Waals surface area (Å²) >= 11 is 0. The Labute approximate surface area is 127 Å². The van der Waals surface area contributed by atoms with Crippen LogP contribution in [0.5, 0.6) is 0 Å². The van der Waals surface area contributed by atoms with Gasteiger partial charge in [-0.2, -0.15) is 0 Å². The van der Waals surface area contributed by atoms with Crippen LogP contribution in [-0.4, -0.2) is 62.0 Å². The number of nitrogens with one attached hydrogen (secondary N) is 2. The largest absolute Gasteiger partial charge is 0.325 e. The minimum absolute atomic E-state index is 0.0130. The first-order valence-electron chi connectivity index (χ1n) is 7.69. The fourth-order valence-corrected chi connectivity index (χ4v) is 2.58. The molecule has 1 aliphatic heterocycles. The Kier molecular flexibility index (Phi) is 6.17. The summed E-state index contributed by atoms with van der Waals surface area (Å²) in [5, 5.41) is 5.70. The number of benzene rings is 1. The maximum atomic E-state index is 11.5. The van der Waals surface area contributed by atoms with Crippen molar-refractivity contribution in [3.63, 3.8) is 0 Å². The zero-order chi connectivity index (χ0) is 15.1. The molecule has 0 saturated carbocycles. The number of rotatable bonds is 6. The normalized spacial score (nSPS) is 16.9. The molecular weight excluding hydrogens is 264 g/mol. The Hall–Kier alpha value is -1.43. The molecule has 5 heteroatoms. The molecule has 1 fully saturated rings. The van der Waals surface area contributed by atoms with Crippen LogP contribution in [0.1, 0.15) is 12.5 Å². The smallest absolute Gasteiger partial charge is 0.238 e. The summed E-state index contributed by atoms with van der Waals surface area (Å²) in [4.78, 5) is 16.5. The SMILES string of the molecule is CCN1CCN(Cc2ccc(NC(=O)CNC)cc2)CC1. The van der Waals surface area contributed by atoms with Gasteiger partial charge in [-0.3, -0.25) is 9.69 Å². The number of nitrogens with zero attached hydrogens (tertiary/aromatic N) is 2. The van der Waals surface area contributed by atoms with Crippen LogP contribution in [0.2, 0.25) is 0 Å². The van der Waals surface area contributed by atoms with Gasteiger partial charge < -0.3 is 15.5 Å². The van der Waals surface area contributed by atoms with Crippen LogP contribution >= 0.6 is 0 Å². The van der Waals surface area contributed by atoms with Gasteiger partial charge in [0, 0.05) is 38.4 Å². The molecule has 116 valence electrons. The minimum atomic E-state index is -0.0130. The first-order valence-corrected chi connectivity index (χ1v) is 7.69. The lowest BCUT2D eigenvalue weighted by Gasteiger charge is -2.34. The van der Waals surface area contributed by atoms with E-state index in [0.29, 0.717) is 6.54 Å². The van der Waals surface area contributed by atoms with Crippen LogP contribution in [0.25, 0.3) is 0 Å². The van der Waals surface area contributed by atoms with Crippen molar-refractivity contribution in [2.45, 2.75) is 13.5 Å². The molecule has 0 radical (unpaired) electrons. The van der Waals surface area contributed by atoms with E-state index >= 15 is 0 Å². The summed E-state index contributed by atoms with van der Waals surface area (Å²) in [6, 6.07) is 8.15. The molecule has 0 aliphatic carbocycles. The molecule has 1 heterocycles. The summed E-state index contributed by atoms with van der Waals surface area (Å²) in [5.41, 5.74) is 2.15. The quantitative estimate of drug-likeness (QED) is 0.820. The van der Waals surface area contributed by atoms with E-state index in [1.165, 1.54) is 5.56 Å². The zero-order valence-corrected chi connectivity index (χ0v) is 13.1. The van der Waals surface area contributed by atoms with Gasteiger partial charge in [-0.25, -0.2) is 0 Å². The first kappa shape index (κ1) is 15.9. The molecule has 0 atom stereocenters. The summed E-state index contributed by atoms with van der Waals surface area (Å²) in [6.45, 7) is 9.28. The third-order valence-electron chi connectivity index (χ3n) is 3.89. The molecule has 1 aliphatic rings. The molecule has 5 nitrogen and oxygen atoms in total. The number of amides is 1. The maximum absolute atomic E-state index is 11.5. The molecule has 1 amide bonds. The Morgan fingerprint density at radius 1 is 1.10 bits per heavy atom. The minimum Gasteiger partial charge on any atom is -0.325 e. The highest BCUT2D eigenvalue weighted by molar-refractivity contribution is 5.92. The van der Waals surface area contributed by atoms with Gasteiger partial charge in [0.05, 0.1) is 6.54 Å². The summed E-state index contributed by atoms with van der Waals surface area (Å²) in [5.74, 6) is -0.0130. The maximum Gasteiger partial charge on any atom is 0.238 e. The predicted molar refractivity (Wildman–Crippen MR) is 86.4 cm³/mol. The average molecular weight is 290 g/mol. The lowest BCUT2D eigenvalue weighted by molar-refractivity contribution is -0.115. The van der Waals surface area contributed by atoms with Crippen LogP contribution in [-0.2, 0) is 11.3 Å². The molecular formula is C16H26N4O. The molecule has 0 unspecified atom stereocenters. The molecule has 2 rings (SSSR count). The molecule has 2 N–H and O–H groups in total. The lowest BCUT2D eigenvalue weighted by Crippen LogP contribution is -2.45. The number of carbonyl (C=O) groups is 1. The van der Waals surface area contributed by atoms with Gasteiger partial charge in [0.1, 0.15) is 0 Å². The number of hydrogen-bond acceptors (Lipinski definition) is 4. The van der Waals surface area contributed by atoms with Gasteiger partial charge >= 0.3 is 0 Å². The van der Waals surface area contributed by atoms with E-state index in [0.717, 1.165) is 45.0 Å². The predicted octanol–water partition coefficient (Wildman–Crippen LogP) is 0.982. The first-order chi connectivity index (χ1) is 10.2. The second-order valence-corrected chi connectivity index (χ2v) is 5.49. The lowest BCUT2D eigenvalue weighted by atomic mass is 10.1. The molecule has 1 aromatic carbocycles. The van der Waals surface area contributed by atoms with Crippen LogP contribution in [0.3, 0.4) is 0 Å². The van der Waals surface area contributed by atoms with E-state index in [2.05, 4.69) is 39.5 Å². The van der Waals surface area contributed by atoms with Crippen LogP contribution in [0, 0.1) is 0 Å². The number of likely N-dealkylation sites (N-methyl/N-ethyl adjacent to an activating group) is 2. The molecule has 21 heavy (non-hydrogen) atoms. The topological polar surface area (TPSA) is 47.6 Å². The van der Waals surface area contributed by atoms with Gasteiger partial charge in [-0.05, 0) is 31.3 Å². The standard InChI is InChI=1S/C16H26N4O/c1-3-19-8-10-20(11-9-19)13-14-4-6-15(7-5-14)18-16(21)12-17-2/h4-7,17H,3,8-13H2,1-2H3,(H,18,21). The zero-order valence-electron chi connectivity index (χ0n) is 13.1. The van der Waals surface area contributed by atoms with E-state index in [9.17, 15) is 4.79 Å². The Morgan fingerprint density at radius 2 is 1.71 bits per heavy atom. The fraction of sp³-hybridized carbons (Fsp3) is 0.562. The van der Waals surface area contributed by atoms with Crippen LogP contribution in [0.4, 0.5) is 5.69 Å². The van der Waals surface area contributed by atoms with E-state index in [1.54, 1.807) is 7.05 Å². The molecule has 0 spiro atoms. The van der Waals surface area contributed by atoms with E-state index in [4.69, 9.17) is 0 Å². The van der Waals surface area contributed by atoms with Crippen molar-refractivity contribution in [3.05, 3.63) is 29.8 Å². The number of anilines is 1. The van der Waals surface area contributed by atoms with Crippen molar-refractivity contribution in [1.29, 1.82) is 0 Å². The second-order valence-electron chi connectivity index (χ2n) is 5.49. The summed E-state index contributed by atoms with van der Waals surface area (Å²) in [6.07, 6.45) is 0. The molecule has 0 bridgehead atoms. The Morgan fingerprint density at radius 3 is 2.29 bits per heavy atom. The van der Waals surface area contributed by atoms with Crippen LogP contribution < -0.4 is 10.6 Å². The number of carbonyl (C=O) groups excluding carboxylic acids is 1. The van der Waals surface area contributed by atoms with Crippen molar-refractivity contribution in [2.24, 2.45) is 0 Å². The third kappa shape index (κ3) is 5.12. The Bertz CT molecular complexity index is 438. The van der Waals surface area contributed by atoms with Gasteiger partial charge in [-0.15, -0.1) is 0 Å². The molecule has 1 saturated heterocycles. The van der Waals surface area contributed by atoms with Crippen molar-refractivity contribution in [2.75, 3.05) is 51.6 Å².